The Balaban J connectivity index is 2.13. The van der Waals surface area contributed by atoms with E-state index in [1.807, 2.05) is 20.8 Å². The Kier molecular flexibility index (Phi) is 5.40. The van der Waals surface area contributed by atoms with Crippen LogP contribution in [0.25, 0.3) is 0 Å². The van der Waals surface area contributed by atoms with Gasteiger partial charge in [0.1, 0.15) is 5.60 Å². The lowest BCUT2D eigenvalue weighted by molar-refractivity contribution is -0.155. The molecule has 4 nitrogen and oxygen atoms in total. The quantitative estimate of drug-likeness (QED) is 0.760. The lowest BCUT2D eigenvalue weighted by Gasteiger charge is -2.30. The van der Waals surface area contributed by atoms with E-state index in [2.05, 4.69) is 4.90 Å². The van der Waals surface area contributed by atoms with Crippen LogP contribution in [0.4, 0.5) is 0 Å². The molecule has 100 valence electrons. The Hall–Kier alpha value is -0.610. The third-order valence-corrected chi connectivity index (χ3v) is 2.82. The summed E-state index contributed by atoms with van der Waals surface area (Å²) in [5.74, 6) is -0.0983. The molecule has 0 aromatic heterocycles. The maximum Gasteiger partial charge on any atom is 0.306 e. The van der Waals surface area contributed by atoms with Crippen LogP contribution in [-0.4, -0.2) is 42.1 Å². The largest absolute Gasteiger partial charge is 0.460 e. The minimum atomic E-state index is -0.370. The van der Waals surface area contributed by atoms with Crippen molar-refractivity contribution in [2.75, 3.05) is 19.6 Å². The van der Waals surface area contributed by atoms with Gasteiger partial charge in [0.05, 0.1) is 0 Å². The van der Waals surface area contributed by atoms with Gasteiger partial charge in [-0.15, -0.1) is 0 Å². The minimum Gasteiger partial charge on any atom is -0.460 e. The van der Waals surface area contributed by atoms with Crippen molar-refractivity contribution in [2.45, 2.75) is 58.1 Å². The van der Waals surface area contributed by atoms with Crippen molar-refractivity contribution in [1.82, 2.24) is 4.90 Å². The number of hydrogen-bond acceptors (Lipinski definition) is 4. The molecule has 1 aliphatic rings. The Morgan fingerprint density at radius 2 is 2.18 bits per heavy atom. The third-order valence-electron chi connectivity index (χ3n) is 2.82. The second-order valence-electron chi connectivity index (χ2n) is 5.89. The van der Waals surface area contributed by atoms with Crippen LogP contribution in [-0.2, 0) is 9.53 Å². The van der Waals surface area contributed by atoms with Gasteiger partial charge in [0.15, 0.2) is 0 Å². The van der Waals surface area contributed by atoms with Crippen molar-refractivity contribution in [3.63, 3.8) is 0 Å². The molecular weight excluding hydrogens is 216 g/mol. The first-order valence-corrected chi connectivity index (χ1v) is 6.56. The van der Waals surface area contributed by atoms with Crippen LogP contribution in [0.15, 0.2) is 0 Å². The number of esters is 1. The fourth-order valence-corrected chi connectivity index (χ4v) is 2.13. The summed E-state index contributed by atoms with van der Waals surface area (Å²) >= 11 is 0. The van der Waals surface area contributed by atoms with Crippen LogP contribution in [0.1, 0.15) is 46.5 Å². The number of nitrogens with two attached hydrogens (primary N) is 1. The number of nitrogens with zero attached hydrogens (tertiary/aromatic N) is 1. The van der Waals surface area contributed by atoms with Crippen molar-refractivity contribution in [1.29, 1.82) is 0 Å². The van der Waals surface area contributed by atoms with Gasteiger partial charge in [-0.25, -0.2) is 0 Å². The molecule has 1 atom stereocenters. The van der Waals surface area contributed by atoms with Crippen LogP contribution in [0, 0.1) is 0 Å². The van der Waals surface area contributed by atoms with Gasteiger partial charge >= 0.3 is 5.97 Å². The first-order valence-electron chi connectivity index (χ1n) is 6.56. The van der Waals surface area contributed by atoms with E-state index in [1.165, 1.54) is 6.42 Å². The zero-order chi connectivity index (χ0) is 12.9. The van der Waals surface area contributed by atoms with Crippen molar-refractivity contribution in [3.8, 4) is 0 Å². The van der Waals surface area contributed by atoms with Crippen LogP contribution >= 0.6 is 0 Å². The average molecular weight is 242 g/mol. The highest BCUT2D eigenvalue weighted by atomic mass is 16.6. The van der Waals surface area contributed by atoms with E-state index in [1.54, 1.807) is 0 Å². The summed E-state index contributed by atoms with van der Waals surface area (Å²) in [5.41, 5.74) is 5.54. The summed E-state index contributed by atoms with van der Waals surface area (Å²) in [6.45, 7) is 8.72. The summed E-state index contributed by atoms with van der Waals surface area (Å²) in [5, 5.41) is 0. The van der Waals surface area contributed by atoms with Gasteiger partial charge < -0.3 is 15.4 Å². The molecule has 0 aromatic rings. The molecule has 1 aliphatic heterocycles. The predicted molar refractivity (Wildman–Crippen MR) is 68.7 cm³/mol. The molecule has 1 saturated heterocycles. The maximum absolute atomic E-state index is 11.5. The van der Waals surface area contributed by atoms with E-state index in [0.717, 1.165) is 32.5 Å². The van der Waals surface area contributed by atoms with Gasteiger partial charge in [-0.2, -0.15) is 0 Å². The maximum atomic E-state index is 11.5. The van der Waals surface area contributed by atoms with Crippen LogP contribution in [0.3, 0.4) is 0 Å². The predicted octanol–water partition coefficient (Wildman–Crippen LogP) is 1.53. The number of carbonyl (C=O) groups excluding carboxylic acids is 1. The summed E-state index contributed by atoms with van der Waals surface area (Å²) in [6.07, 6.45) is 3.67. The Bertz CT molecular complexity index is 248. The van der Waals surface area contributed by atoms with Gasteiger partial charge in [-0.3, -0.25) is 4.79 Å². The van der Waals surface area contributed by atoms with Gasteiger partial charge in [-0.05, 0) is 53.1 Å². The highest BCUT2D eigenvalue weighted by Gasteiger charge is 2.18. The van der Waals surface area contributed by atoms with Gasteiger partial charge in [0.2, 0.25) is 0 Å². The SMILES string of the molecule is CC(C)(C)OC(=O)CCCN1CCCC(N)C1. The molecule has 0 saturated carbocycles. The van der Waals surface area contributed by atoms with Crippen LogP contribution < -0.4 is 5.73 Å². The van der Waals surface area contributed by atoms with Gasteiger partial charge in [0.25, 0.3) is 0 Å². The topological polar surface area (TPSA) is 55.6 Å². The average Bonchev–Trinajstić information content (AvgIpc) is 2.14. The zero-order valence-corrected chi connectivity index (χ0v) is 11.4. The third kappa shape index (κ3) is 6.64. The van der Waals surface area contributed by atoms with Crippen LogP contribution in [0.2, 0.25) is 0 Å². The number of carbonyl (C=O) groups is 1. The van der Waals surface area contributed by atoms with E-state index in [4.69, 9.17) is 10.5 Å². The van der Waals surface area contributed by atoms with E-state index in [9.17, 15) is 4.79 Å². The number of ether oxygens (including phenoxy) is 1. The molecular formula is C13H26N2O2. The fourth-order valence-electron chi connectivity index (χ4n) is 2.13. The van der Waals surface area contributed by atoms with Gasteiger partial charge in [-0.1, -0.05) is 0 Å². The van der Waals surface area contributed by atoms with Crippen molar-refractivity contribution < 1.29 is 9.53 Å². The van der Waals surface area contributed by atoms with E-state index in [0.29, 0.717) is 12.5 Å². The lowest BCUT2D eigenvalue weighted by atomic mass is 10.1. The molecule has 0 spiro atoms. The monoisotopic (exact) mass is 242 g/mol. The summed E-state index contributed by atoms with van der Waals surface area (Å²) < 4.78 is 5.27. The Morgan fingerprint density at radius 3 is 2.76 bits per heavy atom. The van der Waals surface area contributed by atoms with E-state index >= 15 is 0 Å². The number of rotatable bonds is 4. The molecule has 1 fully saturated rings. The summed E-state index contributed by atoms with van der Waals surface area (Å²) in [4.78, 5) is 13.8. The molecule has 17 heavy (non-hydrogen) atoms. The van der Waals surface area contributed by atoms with Crippen molar-refractivity contribution >= 4 is 5.97 Å². The molecule has 0 amide bonds. The van der Waals surface area contributed by atoms with Crippen molar-refractivity contribution in [2.24, 2.45) is 5.73 Å². The number of likely N-dealkylation sites (tertiary alicyclic amines) is 1. The molecule has 0 aliphatic carbocycles. The summed E-state index contributed by atoms with van der Waals surface area (Å²) in [7, 11) is 0. The first-order chi connectivity index (χ1) is 7.87. The molecule has 1 heterocycles. The van der Waals surface area contributed by atoms with E-state index in [-0.39, 0.29) is 11.6 Å². The minimum absolute atomic E-state index is 0.0983. The molecule has 0 bridgehead atoms. The highest BCUT2D eigenvalue weighted by Crippen LogP contribution is 2.11. The number of hydrogen-bond donors (Lipinski definition) is 1. The van der Waals surface area contributed by atoms with E-state index < -0.39 is 0 Å². The molecule has 0 radical (unpaired) electrons. The fraction of sp³-hybridized carbons (Fsp3) is 0.923. The molecule has 2 N–H and O–H groups in total. The highest BCUT2D eigenvalue weighted by molar-refractivity contribution is 5.69. The Labute approximate surface area is 104 Å². The standard InChI is InChI=1S/C13H26N2O2/c1-13(2,3)17-12(16)7-5-9-15-8-4-6-11(14)10-15/h11H,4-10,14H2,1-3H3. The smallest absolute Gasteiger partial charge is 0.306 e. The normalized spacial score (nSPS) is 22.5. The van der Waals surface area contributed by atoms with Crippen LogP contribution in [0.5, 0.6) is 0 Å². The Morgan fingerprint density at radius 1 is 1.47 bits per heavy atom. The molecule has 4 heteroatoms. The second-order valence-corrected chi connectivity index (χ2v) is 5.89. The second kappa shape index (κ2) is 6.36. The lowest BCUT2D eigenvalue weighted by Crippen LogP contribution is -2.43. The first kappa shape index (κ1) is 14.5. The number of piperidine rings is 1. The van der Waals surface area contributed by atoms with Crippen molar-refractivity contribution in [3.05, 3.63) is 0 Å². The molecule has 0 aromatic carbocycles. The summed E-state index contributed by atoms with van der Waals surface area (Å²) in [6, 6.07) is 0.310. The zero-order valence-electron chi connectivity index (χ0n) is 11.4. The molecule has 1 rings (SSSR count). The van der Waals surface area contributed by atoms with Gasteiger partial charge in [0, 0.05) is 19.0 Å². The molecule has 1 unspecified atom stereocenters.